The lowest BCUT2D eigenvalue weighted by Gasteiger charge is -2.31. The summed E-state index contributed by atoms with van der Waals surface area (Å²) in [6, 6.07) is 19.8. The molecule has 1 atom stereocenters. The van der Waals surface area contributed by atoms with Crippen LogP contribution >= 0.6 is 22.7 Å². The number of thiophene rings is 2. The van der Waals surface area contributed by atoms with E-state index < -0.39 is 0 Å². The molecule has 1 aliphatic rings. The van der Waals surface area contributed by atoms with Crippen molar-refractivity contribution in [3.05, 3.63) is 86.5 Å². The van der Waals surface area contributed by atoms with Crippen LogP contribution in [0.3, 0.4) is 0 Å². The molecule has 154 valence electrons. The molecule has 1 aliphatic carbocycles. The van der Waals surface area contributed by atoms with E-state index in [4.69, 9.17) is 0 Å². The fourth-order valence-corrected chi connectivity index (χ4v) is 5.95. The Kier molecular flexibility index (Phi) is 6.01. The van der Waals surface area contributed by atoms with E-state index in [0.29, 0.717) is 6.04 Å². The third-order valence-corrected chi connectivity index (χ3v) is 7.56. The second-order valence-corrected chi connectivity index (χ2v) is 9.82. The van der Waals surface area contributed by atoms with Crippen LogP contribution in [0.4, 0.5) is 0 Å². The highest BCUT2D eigenvalue weighted by molar-refractivity contribution is 7.10. The molecule has 7 heteroatoms. The second kappa shape index (κ2) is 9.20. The highest BCUT2D eigenvalue weighted by Crippen LogP contribution is 2.37. The zero-order valence-electron chi connectivity index (χ0n) is 16.8. The number of hydrogen-bond acceptors (Lipinski definition) is 6. The Morgan fingerprint density at radius 1 is 0.933 bits per heavy atom. The minimum atomic E-state index is 0.0305. The van der Waals surface area contributed by atoms with Crippen LogP contribution in [0.15, 0.2) is 65.4 Å². The highest BCUT2D eigenvalue weighted by atomic mass is 32.1. The van der Waals surface area contributed by atoms with Gasteiger partial charge in [0.2, 0.25) is 0 Å². The largest absolute Gasteiger partial charge is 0.280 e. The van der Waals surface area contributed by atoms with E-state index in [-0.39, 0.29) is 6.04 Å². The monoisotopic (exact) mass is 435 g/mol. The first-order valence-corrected chi connectivity index (χ1v) is 12.3. The van der Waals surface area contributed by atoms with Crippen LogP contribution < -0.4 is 0 Å². The molecule has 4 aromatic rings. The number of rotatable bonds is 8. The smallest absolute Gasteiger partial charge is 0.174 e. The number of hydrogen-bond donors (Lipinski definition) is 0. The molecular formula is C23H25N5S2. The van der Waals surface area contributed by atoms with Crippen molar-refractivity contribution in [3.8, 4) is 0 Å². The van der Waals surface area contributed by atoms with Crippen molar-refractivity contribution in [2.24, 2.45) is 0 Å². The second-order valence-electron chi connectivity index (χ2n) is 7.81. The predicted molar refractivity (Wildman–Crippen MR) is 121 cm³/mol. The van der Waals surface area contributed by atoms with Gasteiger partial charge in [0.25, 0.3) is 0 Å². The average molecular weight is 436 g/mol. The van der Waals surface area contributed by atoms with Crippen molar-refractivity contribution in [2.75, 3.05) is 0 Å². The van der Waals surface area contributed by atoms with Gasteiger partial charge in [-0.3, -0.25) is 4.90 Å². The SMILES string of the molecule is c1ccc(CN(Cc2cccs2)[C@@H](c2cccs2)c2nnnn2C2CCCC2)cc1. The topological polar surface area (TPSA) is 46.8 Å². The van der Waals surface area contributed by atoms with Crippen LogP contribution in [0, 0.1) is 0 Å². The van der Waals surface area contributed by atoms with Gasteiger partial charge in [0, 0.05) is 22.8 Å². The lowest BCUT2D eigenvalue weighted by Crippen LogP contribution is -2.31. The first-order chi connectivity index (χ1) is 14.9. The summed E-state index contributed by atoms with van der Waals surface area (Å²) in [6.07, 6.45) is 4.85. The van der Waals surface area contributed by atoms with Crippen molar-refractivity contribution >= 4 is 22.7 Å². The maximum Gasteiger partial charge on any atom is 0.174 e. The molecule has 0 N–H and O–H groups in total. The predicted octanol–water partition coefficient (Wildman–Crippen LogP) is 5.70. The Morgan fingerprint density at radius 3 is 2.47 bits per heavy atom. The molecule has 0 unspecified atom stereocenters. The summed E-state index contributed by atoms with van der Waals surface area (Å²) < 4.78 is 2.11. The summed E-state index contributed by atoms with van der Waals surface area (Å²) >= 11 is 3.59. The molecular weight excluding hydrogens is 410 g/mol. The van der Waals surface area contributed by atoms with Crippen molar-refractivity contribution in [1.29, 1.82) is 0 Å². The third kappa shape index (κ3) is 4.24. The minimum absolute atomic E-state index is 0.0305. The fraction of sp³-hybridized carbons (Fsp3) is 0.348. The van der Waals surface area contributed by atoms with Crippen LogP contribution in [0.2, 0.25) is 0 Å². The molecule has 0 radical (unpaired) electrons. The number of benzene rings is 1. The Morgan fingerprint density at radius 2 is 1.73 bits per heavy atom. The highest BCUT2D eigenvalue weighted by Gasteiger charge is 2.32. The molecule has 30 heavy (non-hydrogen) atoms. The van der Waals surface area contributed by atoms with Gasteiger partial charge in [0.15, 0.2) is 5.82 Å². The zero-order chi connectivity index (χ0) is 20.2. The molecule has 0 aliphatic heterocycles. The summed E-state index contributed by atoms with van der Waals surface area (Å²) in [6.45, 7) is 1.71. The van der Waals surface area contributed by atoms with E-state index >= 15 is 0 Å². The van der Waals surface area contributed by atoms with E-state index in [1.165, 1.54) is 41.0 Å². The van der Waals surface area contributed by atoms with Crippen LogP contribution in [-0.2, 0) is 13.1 Å². The van der Waals surface area contributed by atoms with Gasteiger partial charge in [0.1, 0.15) is 6.04 Å². The first kappa shape index (κ1) is 19.6. The van der Waals surface area contributed by atoms with E-state index in [1.807, 2.05) is 0 Å². The van der Waals surface area contributed by atoms with Crippen molar-refractivity contribution in [2.45, 2.75) is 50.9 Å². The summed E-state index contributed by atoms with van der Waals surface area (Å²) in [5.74, 6) is 0.969. The molecule has 3 heterocycles. The van der Waals surface area contributed by atoms with E-state index in [0.717, 1.165) is 18.9 Å². The van der Waals surface area contributed by atoms with Crippen LogP contribution in [-0.4, -0.2) is 25.1 Å². The van der Waals surface area contributed by atoms with Crippen LogP contribution in [0.1, 0.15) is 58.9 Å². The molecule has 3 aromatic heterocycles. The molecule has 0 spiro atoms. The summed E-state index contributed by atoms with van der Waals surface area (Å²) in [4.78, 5) is 5.16. The Hall–Kier alpha value is -2.35. The third-order valence-electron chi connectivity index (χ3n) is 5.78. The Labute approximate surface area is 185 Å². The maximum absolute atomic E-state index is 4.58. The number of nitrogens with zero attached hydrogens (tertiary/aromatic N) is 5. The van der Waals surface area contributed by atoms with Gasteiger partial charge in [-0.15, -0.1) is 27.8 Å². The molecule has 5 rings (SSSR count). The van der Waals surface area contributed by atoms with Gasteiger partial charge in [-0.25, -0.2) is 4.68 Å². The summed E-state index contributed by atoms with van der Waals surface area (Å²) in [5.41, 5.74) is 1.30. The van der Waals surface area contributed by atoms with Gasteiger partial charge in [0.05, 0.1) is 6.04 Å². The zero-order valence-corrected chi connectivity index (χ0v) is 18.4. The maximum atomic E-state index is 4.58. The number of tetrazole rings is 1. The molecule has 1 saturated carbocycles. The van der Waals surface area contributed by atoms with E-state index in [2.05, 4.69) is 90.5 Å². The Balaban J connectivity index is 1.56. The van der Waals surface area contributed by atoms with Gasteiger partial charge in [-0.05, 0) is 51.7 Å². The Bertz CT molecular complexity index is 1020. The molecule has 0 amide bonds. The van der Waals surface area contributed by atoms with E-state index in [9.17, 15) is 0 Å². The summed E-state index contributed by atoms with van der Waals surface area (Å²) in [5, 5.41) is 17.5. The standard InChI is InChI=1S/C23H25N5S2/c1-2-8-18(9-3-1)16-27(17-20-12-6-14-29-20)22(21-13-7-15-30-21)23-24-25-26-28(23)19-10-4-5-11-19/h1-3,6-9,12-15,19,22H,4-5,10-11,16-17H2/t22-/m0/s1. The molecule has 1 fully saturated rings. The van der Waals surface area contributed by atoms with Gasteiger partial charge < -0.3 is 0 Å². The first-order valence-electron chi connectivity index (χ1n) is 10.5. The molecule has 5 nitrogen and oxygen atoms in total. The normalized spacial score (nSPS) is 15.8. The average Bonchev–Trinajstić information content (AvgIpc) is 3.56. The molecule has 0 saturated heterocycles. The minimum Gasteiger partial charge on any atom is -0.280 e. The lowest BCUT2D eigenvalue weighted by molar-refractivity contribution is 0.196. The van der Waals surface area contributed by atoms with Crippen molar-refractivity contribution in [3.63, 3.8) is 0 Å². The van der Waals surface area contributed by atoms with Crippen LogP contribution in [0.5, 0.6) is 0 Å². The fourth-order valence-electron chi connectivity index (χ4n) is 4.37. The molecule has 1 aromatic carbocycles. The van der Waals surface area contributed by atoms with Gasteiger partial charge >= 0.3 is 0 Å². The van der Waals surface area contributed by atoms with Gasteiger partial charge in [-0.1, -0.05) is 55.3 Å². The van der Waals surface area contributed by atoms with E-state index in [1.54, 1.807) is 22.7 Å². The van der Waals surface area contributed by atoms with Crippen LogP contribution in [0.25, 0.3) is 0 Å². The van der Waals surface area contributed by atoms with Crippen molar-refractivity contribution < 1.29 is 0 Å². The van der Waals surface area contributed by atoms with Crippen molar-refractivity contribution in [1.82, 2.24) is 25.1 Å². The van der Waals surface area contributed by atoms with Gasteiger partial charge in [-0.2, -0.15) is 0 Å². The molecule has 0 bridgehead atoms. The number of aromatic nitrogens is 4. The lowest BCUT2D eigenvalue weighted by atomic mass is 10.1. The summed E-state index contributed by atoms with van der Waals surface area (Å²) in [7, 11) is 0. The quantitative estimate of drug-likeness (QED) is 0.356.